The number of nitrogens with one attached hydrogen (secondary N) is 1. The Hall–Kier alpha value is -2.37. The molecule has 1 saturated heterocycles. The molecule has 26 heavy (non-hydrogen) atoms. The first-order chi connectivity index (χ1) is 12.1. The minimum atomic E-state index is -5.22. The lowest BCUT2D eigenvalue weighted by atomic mass is 9.86. The summed E-state index contributed by atoms with van der Waals surface area (Å²) in [5.74, 6) is -2.79. The summed E-state index contributed by atoms with van der Waals surface area (Å²) in [6.07, 6.45) is -8.73. The van der Waals surface area contributed by atoms with Crippen molar-refractivity contribution in [3.05, 3.63) is 24.3 Å². The molecule has 4 atom stereocenters. The van der Waals surface area contributed by atoms with Gasteiger partial charge in [-0.05, 0) is 24.3 Å². The lowest BCUT2D eigenvalue weighted by Crippen LogP contribution is -2.76. The summed E-state index contributed by atoms with van der Waals surface area (Å²) in [4.78, 5) is 24.3. The summed E-state index contributed by atoms with van der Waals surface area (Å²) >= 11 is 0. The highest BCUT2D eigenvalue weighted by atomic mass is 19.4. The number of methoxy groups -OCH3 is 1. The number of hydrogen-bond acceptors (Lipinski definition) is 6. The van der Waals surface area contributed by atoms with Crippen LogP contribution in [0.1, 0.15) is 0 Å². The van der Waals surface area contributed by atoms with E-state index in [4.69, 9.17) is 9.84 Å². The molecule has 1 aliphatic rings. The topological polar surface area (TPSA) is 119 Å². The zero-order chi connectivity index (χ0) is 19.6. The van der Waals surface area contributed by atoms with Gasteiger partial charge in [0, 0.05) is 5.69 Å². The standard InChI is InChI=1S/C15H17F3N2O6/c1-26-8-4-2-7(3-5-8)20-11(12(23)9(22)6-21)10(13(20)24)19-14(25)15(16,17)18/h2-5,9-12,21-23H,6H2,1H3,(H,19,25)/t9-,10+,11-,12-/m1/s1. The zero-order valence-corrected chi connectivity index (χ0v) is 13.5. The first-order valence-electron chi connectivity index (χ1n) is 7.43. The van der Waals surface area contributed by atoms with Crippen molar-refractivity contribution in [2.75, 3.05) is 18.6 Å². The van der Waals surface area contributed by atoms with E-state index in [1.54, 1.807) is 0 Å². The molecule has 0 bridgehead atoms. The number of aliphatic hydroxyl groups excluding tert-OH is 3. The third-order valence-corrected chi connectivity index (χ3v) is 3.97. The highest BCUT2D eigenvalue weighted by Crippen LogP contribution is 2.33. The molecule has 0 aromatic heterocycles. The molecular formula is C15H17F3N2O6. The van der Waals surface area contributed by atoms with Crippen molar-refractivity contribution in [2.45, 2.75) is 30.5 Å². The van der Waals surface area contributed by atoms with Crippen LogP contribution in [0.15, 0.2) is 24.3 Å². The number of nitrogens with zero attached hydrogens (tertiary/aromatic N) is 1. The SMILES string of the molecule is COc1ccc(N2C(=O)[C@@H](NC(=O)C(F)(F)F)[C@@H]2[C@H](O)[C@H](O)CO)cc1. The van der Waals surface area contributed by atoms with E-state index in [0.29, 0.717) is 5.75 Å². The second-order valence-corrected chi connectivity index (χ2v) is 5.59. The van der Waals surface area contributed by atoms with Gasteiger partial charge in [0.15, 0.2) is 0 Å². The van der Waals surface area contributed by atoms with Crippen LogP contribution in [0.5, 0.6) is 5.75 Å². The largest absolute Gasteiger partial charge is 0.497 e. The smallest absolute Gasteiger partial charge is 0.471 e. The van der Waals surface area contributed by atoms with Crippen LogP contribution in [-0.2, 0) is 9.59 Å². The van der Waals surface area contributed by atoms with Gasteiger partial charge in [-0.25, -0.2) is 0 Å². The number of amides is 2. The van der Waals surface area contributed by atoms with E-state index in [0.717, 1.165) is 4.90 Å². The zero-order valence-electron chi connectivity index (χ0n) is 13.5. The van der Waals surface area contributed by atoms with Crippen LogP contribution in [0.3, 0.4) is 0 Å². The maximum absolute atomic E-state index is 12.5. The maximum Gasteiger partial charge on any atom is 0.471 e. The fraction of sp³-hybridized carbons (Fsp3) is 0.467. The number of alkyl halides is 3. The van der Waals surface area contributed by atoms with Crippen LogP contribution in [0.2, 0.25) is 0 Å². The number of β-lactam (4-membered cyclic amide) rings is 1. The van der Waals surface area contributed by atoms with Crippen molar-refractivity contribution in [3.8, 4) is 5.75 Å². The quantitative estimate of drug-likeness (QED) is 0.480. The maximum atomic E-state index is 12.5. The third-order valence-electron chi connectivity index (χ3n) is 3.97. The van der Waals surface area contributed by atoms with Gasteiger partial charge >= 0.3 is 12.1 Å². The Kier molecular flexibility index (Phi) is 5.74. The molecule has 0 spiro atoms. The summed E-state index contributed by atoms with van der Waals surface area (Å²) in [5.41, 5.74) is 0.211. The highest BCUT2D eigenvalue weighted by Gasteiger charge is 2.55. The van der Waals surface area contributed by atoms with Crippen molar-refractivity contribution < 1.29 is 42.8 Å². The lowest BCUT2D eigenvalue weighted by Gasteiger charge is -2.49. The number of aliphatic hydroxyl groups is 3. The van der Waals surface area contributed by atoms with Crippen LogP contribution < -0.4 is 15.0 Å². The summed E-state index contributed by atoms with van der Waals surface area (Å²) in [7, 11) is 1.41. The van der Waals surface area contributed by atoms with Crippen LogP contribution in [0, 0.1) is 0 Å². The van der Waals surface area contributed by atoms with Gasteiger partial charge in [-0.1, -0.05) is 0 Å². The molecule has 0 saturated carbocycles. The Morgan fingerprint density at radius 3 is 2.35 bits per heavy atom. The normalized spacial score (nSPS) is 22.4. The highest BCUT2D eigenvalue weighted by molar-refractivity contribution is 6.07. The molecule has 1 aromatic carbocycles. The minimum Gasteiger partial charge on any atom is -0.497 e. The average Bonchev–Trinajstić information content (AvgIpc) is 2.61. The average molecular weight is 378 g/mol. The fourth-order valence-electron chi connectivity index (χ4n) is 2.61. The molecule has 2 rings (SSSR count). The predicted octanol–water partition coefficient (Wildman–Crippen LogP) is -0.828. The van der Waals surface area contributed by atoms with Crippen LogP contribution in [-0.4, -0.2) is 71.3 Å². The number of carbonyl (C=O) groups excluding carboxylic acids is 2. The van der Waals surface area contributed by atoms with Gasteiger partial charge in [0.1, 0.15) is 24.0 Å². The van der Waals surface area contributed by atoms with Gasteiger partial charge in [0.05, 0.1) is 19.8 Å². The van der Waals surface area contributed by atoms with Crippen molar-refractivity contribution in [1.82, 2.24) is 5.32 Å². The molecule has 4 N–H and O–H groups in total. The predicted molar refractivity (Wildman–Crippen MR) is 81.4 cm³/mol. The van der Waals surface area contributed by atoms with Gasteiger partial charge in [0.25, 0.3) is 5.91 Å². The molecule has 1 aromatic rings. The van der Waals surface area contributed by atoms with E-state index < -0.39 is 48.9 Å². The first kappa shape index (κ1) is 19.9. The second kappa shape index (κ2) is 7.48. The molecule has 144 valence electrons. The van der Waals surface area contributed by atoms with E-state index in [-0.39, 0.29) is 5.69 Å². The van der Waals surface area contributed by atoms with E-state index in [2.05, 4.69) is 0 Å². The molecule has 11 heteroatoms. The lowest BCUT2D eigenvalue weighted by molar-refractivity contribution is -0.176. The van der Waals surface area contributed by atoms with E-state index in [1.807, 2.05) is 0 Å². The van der Waals surface area contributed by atoms with Crippen molar-refractivity contribution in [1.29, 1.82) is 0 Å². The van der Waals surface area contributed by atoms with E-state index in [1.165, 1.54) is 36.7 Å². The van der Waals surface area contributed by atoms with Gasteiger partial charge in [0.2, 0.25) is 0 Å². The molecular weight excluding hydrogens is 361 g/mol. The Morgan fingerprint density at radius 2 is 1.88 bits per heavy atom. The Morgan fingerprint density at radius 1 is 1.31 bits per heavy atom. The number of anilines is 1. The van der Waals surface area contributed by atoms with Crippen LogP contribution in [0.25, 0.3) is 0 Å². The van der Waals surface area contributed by atoms with Crippen molar-refractivity contribution >= 4 is 17.5 Å². The first-order valence-corrected chi connectivity index (χ1v) is 7.43. The molecule has 8 nitrogen and oxygen atoms in total. The minimum absolute atomic E-state index is 0.211. The van der Waals surface area contributed by atoms with Gasteiger partial charge in [-0.15, -0.1) is 0 Å². The van der Waals surface area contributed by atoms with Gasteiger partial charge < -0.3 is 30.3 Å². The Labute approximate surface area is 145 Å². The molecule has 1 aliphatic heterocycles. The summed E-state index contributed by atoms with van der Waals surface area (Å²) in [6.45, 7) is -0.887. The molecule has 1 heterocycles. The summed E-state index contributed by atoms with van der Waals surface area (Å²) in [6, 6.07) is 2.70. The Balaban J connectivity index is 2.29. The molecule has 0 aliphatic carbocycles. The van der Waals surface area contributed by atoms with Crippen LogP contribution >= 0.6 is 0 Å². The number of benzene rings is 1. The third kappa shape index (κ3) is 3.74. The van der Waals surface area contributed by atoms with Crippen LogP contribution in [0.4, 0.5) is 18.9 Å². The number of carbonyl (C=O) groups is 2. The molecule has 0 unspecified atom stereocenters. The van der Waals surface area contributed by atoms with Crippen molar-refractivity contribution in [3.63, 3.8) is 0 Å². The molecule has 0 radical (unpaired) electrons. The number of halogens is 3. The van der Waals surface area contributed by atoms with Gasteiger partial charge in [-0.3, -0.25) is 9.59 Å². The molecule has 1 fully saturated rings. The monoisotopic (exact) mass is 378 g/mol. The van der Waals surface area contributed by atoms with E-state index in [9.17, 15) is 33.0 Å². The van der Waals surface area contributed by atoms with Gasteiger partial charge in [-0.2, -0.15) is 13.2 Å². The fourth-order valence-corrected chi connectivity index (χ4v) is 2.61. The Bertz CT molecular complexity index is 666. The number of rotatable bonds is 6. The van der Waals surface area contributed by atoms with Crippen molar-refractivity contribution in [2.24, 2.45) is 0 Å². The second-order valence-electron chi connectivity index (χ2n) is 5.59. The number of ether oxygens (including phenoxy) is 1. The number of hydrogen-bond donors (Lipinski definition) is 4. The summed E-state index contributed by atoms with van der Waals surface area (Å²) in [5, 5.41) is 30.2. The summed E-state index contributed by atoms with van der Waals surface area (Å²) < 4.78 is 42.3. The molecule has 2 amide bonds. The van der Waals surface area contributed by atoms with E-state index >= 15 is 0 Å².